The van der Waals surface area contributed by atoms with Gasteiger partial charge in [0, 0.05) is 293 Å². The number of aromatic nitrogens is 16. The van der Waals surface area contributed by atoms with Crippen LogP contribution in [0.2, 0.25) is 0 Å². The Labute approximate surface area is 754 Å². The molecular formula is C95H107F5N24O7. The van der Waals surface area contributed by atoms with Crippen molar-refractivity contribution >= 4 is 69.6 Å². The van der Waals surface area contributed by atoms with Crippen LogP contribution in [0.4, 0.5) is 68.0 Å². The first-order chi connectivity index (χ1) is 63.1. The summed E-state index contributed by atoms with van der Waals surface area (Å²) in [5.41, 5.74) is 22.2. The molecule has 2 unspecified atom stereocenters. The van der Waals surface area contributed by atoms with Gasteiger partial charge in [-0.15, -0.1) is 0 Å². The van der Waals surface area contributed by atoms with E-state index in [4.69, 9.17) is 34.6 Å². The number of ether oxygens (including phenoxy) is 3. The normalized spacial score (nSPS) is 19.4. The van der Waals surface area contributed by atoms with E-state index in [2.05, 4.69) is 79.2 Å². The van der Waals surface area contributed by atoms with E-state index in [-0.39, 0.29) is 59.0 Å². The van der Waals surface area contributed by atoms with E-state index in [9.17, 15) is 36.7 Å². The minimum atomic E-state index is -4.53. The van der Waals surface area contributed by atoms with Gasteiger partial charge in [0.1, 0.15) is 11.6 Å². The average molecular weight is 1790 g/mol. The molecule has 0 saturated carbocycles. The maximum atomic E-state index is 15.2. The molecule has 3 saturated heterocycles. The topological polar surface area (TPSA) is 264 Å². The van der Waals surface area contributed by atoms with E-state index in [1.54, 1.807) is 67.7 Å². The van der Waals surface area contributed by atoms with Crippen molar-refractivity contribution in [2.24, 2.45) is 35.2 Å². The summed E-state index contributed by atoms with van der Waals surface area (Å²) in [7, 11) is 9.10. The summed E-state index contributed by atoms with van der Waals surface area (Å²) >= 11 is 0. The molecule has 12 aromatic rings. The third-order valence-electron chi connectivity index (χ3n) is 27.9. The number of alkyl halides is 3. The van der Waals surface area contributed by atoms with Gasteiger partial charge in [0.05, 0.1) is 82.7 Å². The van der Waals surface area contributed by atoms with Crippen molar-refractivity contribution in [2.45, 2.75) is 155 Å². The highest BCUT2D eigenvalue weighted by Gasteiger charge is 2.43. The van der Waals surface area contributed by atoms with Gasteiger partial charge in [-0.3, -0.25) is 56.6 Å². The molecule has 36 heteroatoms. The molecule has 4 atom stereocenters. The summed E-state index contributed by atoms with van der Waals surface area (Å²) in [5.74, 6) is 3.75. The van der Waals surface area contributed by atoms with E-state index in [1.165, 1.54) is 57.4 Å². The first-order valence-corrected chi connectivity index (χ1v) is 45.3. The Bertz CT molecular complexity index is 6460. The van der Waals surface area contributed by atoms with Crippen LogP contribution in [0.1, 0.15) is 151 Å². The average Bonchev–Trinajstić information content (AvgIpc) is 1.60. The van der Waals surface area contributed by atoms with Gasteiger partial charge in [-0.2, -0.15) is 54.0 Å². The van der Waals surface area contributed by atoms with Crippen molar-refractivity contribution in [2.75, 3.05) is 112 Å². The number of aryl methyl sites for hydroxylation is 5. The maximum absolute atomic E-state index is 15.2. The first kappa shape index (κ1) is 86.2. The number of anilines is 8. The number of benzene rings is 4. The lowest BCUT2D eigenvalue weighted by Gasteiger charge is -2.28. The molecule has 0 aliphatic carbocycles. The van der Waals surface area contributed by atoms with E-state index < -0.39 is 11.9 Å². The van der Waals surface area contributed by atoms with Crippen LogP contribution in [0.3, 0.4) is 0 Å². The number of rotatable bonds is 11. The predicted molar refractivity (Wildman–Crippen MR) is 480 cm³/mol. The molecule has 684 valence electrons. The lowest BCUT2D eigenvalue weighted by molar-refractivity contribution is -0.141. The van der Waals surface area contributed by atoms with Crippen molar-refractivity contribution < 1.29 is 55.3 Å². The predicted octanol–water partition coefficient (Wildman–Crippen LogP) is 12.8. The number of carbonyl (C=O) groups is 4. The number of hydrogen-bond donors (Lipinski definition) is 0. The van der Waals surface area contributed by atoms with Crippen LogP contribution < -0.4 is 19.6 Å². The fourth-order valence-electron chi connectivity index (χ4n) is 21.0. The molecule has 131 heavy (non-hydrogen) atoms. The number of amides is 4. The summed E-state index contributed by atoms with van der Waals surface area (Å²) < 4.78 is 102. The lowest BCUT2D eigenvalue weighted by atomic mass is 9.99. The van der Waals surface area contributed by atoms with Crippen molar-refractivity contribution in [3.63, 3.8) is 0 Å². The molecule has 23 rings (SSSR count). The highest BCUT2D eigenvalue weighted by atomic mass is 19.4. The molecular weight excluding hydrogens is 1680 g/mol. The molecule has 11 aliphatic rings. The zero-order valence-electron chi connectivity index (χ0n) is 75.4. The van der Waals surface area contributed by atoms with Gasteiger partial charge in [0.15, 0.2) is 29.0 Å². The minimum Gasteiger partial charge on any atom is -0.379 e. The SMILES string of the molecule is CC(=O)N1CCc2c(c(N3CCc4cc(-c5cn(C)nc5C(F)(F)F)ccc43)nn2[C@H]2CCOC2)C1.CC(=O)N1CCc2c(c(N3CCc4cc(-c5cnn(C)c5)c(F)cc43)nn2C2CCOC2)C1.CC(=O)N1CCc2c(c(N3CCc4cc(F)c(-c5cnn(C)c5)cc43)nn2C2CCOC2)C1.CC(=O)N1CCc2c(c(N3C[C@H](C)c4cc(-c5cnn(C)c5)ccc43)nn2C)C1. The summed E-state index contributed by atoms with van der Waals surface area (Å²) in [4.78, 5) is 64.7. The highest BCUT2D eigenvalue weighted by molar-refractivity contribution is 5.83. The summed E-state index contributed by atoms with van der Waals surface area (Å²) in [6.45, 7) is 20.9. The third kappa shape index (κ3) is 16.2. The molecule has 0 bridgehead atoms. The van der Waals surface area contributed by atoms with Crippen molar-refractivity contribution in [1.82, 2.24) is 97.8 Å². The fourth-order valence-corrected chi connectivity index (χ4v) is 21.0. The Balaban J connectivity index is 0.000000109. The van der Waals surface area contributed by atoms with Crippen LogP contribution in [-0.4, -0.2) is 213 Å². The van der Waals surface area contributed by atoms with Crippen molar-refractivity contribution in [3.8, 4) is 44.5 Å². The van der Waals surface area contributed by atoms with Gasteiger partial charge in [0.25, 0.3) is 0 Å². The largest absolute Gasteiger partial charge is 0.435 e. The molecule has 0 radical (unpaired) electrons. The number of nitrogens with zero attached hydrogens (tertiary/aromatic N) is 24. The van der Waals surface area contributed by atoms with Crippen LogP contribution in [0.5, 0.6) is 0 Å². The van der Waals surface area contributed by atoms with Gasteiger partial charge in [-0.25, -0.2) is 8.78 Å². The van der Waals surface area contributed by atoms with E-state index >= 15 is 4.39 Å². The van der Waals surface area contributed by atoms with E-state index in [0.717, 1.165) is 193 Å². The molecule has 31 nitrogen and oxygen atoms in total. The van der Waals surface area contributed by atoms with Crippen LogP contribution in [0.25, 0.3) is 44.5 Å². The summed E-state index contributed by atoms with van der Waals surface area (Å²) in [5, 5.41) is 36.4. The minimum absolute atomic E-state index is 0.0342. The first-order valence-electron chi connectivity index (χ1n) is 45.3. The molecule has 8 aromatic heterocycles. The fraction of sp³-hybridized carbons (Fsp3) is 0.453. The zero-order chi connectivity index (χ0) is 90.9. The molecule has 0 spiro atoms. The van der Waals surface area contributed by atoms with Gasteiger partial charge >= 0.3 is 6.18 Å². The van der Waals surface area contributed by atoms with Gasteiger partial charge in [-0.1, -0.05) is 19.1 Å². The Morgan fingerprint density at radius 2 is 0.794 bits per heavy atom. The van der Waals surface area contributed by atoms with Crippen LogP contribution >= 0.6 is 0 Å². The van der Waals surface area contributed by atoms with Gasteiger partial charge in [-0.05, 0) is 120 Å². The number of fused-ring (bicyclic) bond motifs is 8. The number of hydrogen-bond acceptors (Lipinski definition) is 19. The second kappa shape index (κ2) is 34.5. The van der Waals surface area contributed by atoms with E-state index in [1.807, 2.05) is 106 Å². The zero-order valence-corrected chi connectivity index (χ0v) is 75.4. The highest BCUT2D eigenvalue weighted by Crippen LogP contribution is 2.50. The molecule has 19 heterocycles. The van der Waals surface area contributed by atoms with E-state index in [0.29, 0.717) is 108 Å². The monoisotopic (exact) mass is 1790 g/mol. The van der Waals surface area contributed by atoms with Crippen molar-refractivity contribution in [3.05, 3.63) is 189 Å². The second-order valence-electron chi connectivity index (χ2n) is 36.3. The number of carbonyl (C=O) groups excluding carboxylic acids is 4. The van der Waals surface area contributed by atoms with Gasteiger partial charge in [0.2, 0.25) is 23.6 Å². The molecule has 4 aromatic carbocycles. The lowest BCUT2D eigenvalue weighted by Crippen LogP contribution is -2.35. The van der Waals surface area contributed by atoms with Gasteiger partial charge < -0.3 is 53.4 Å². The molecule has 11 aliphatic heterocycles. The van der Waals surface area contributed by atoms with Crippen LogP contribution in [0.15, 0.2) is 104 Å². The number of halogens is 5. The Morgan fingerprint density at radius 1 is 0.389 bits per heavy atom. The van der Waals surface area contributed by atoms with Crippen LogP contribution in [0, 0.1) is 11.6 Å². The Kier molecular flexibility index (Phi) is 22.7. The second-order valence-corrected chi connectivity index (χ2v) is 36.3. The molecule has 0 N–H and O–H groups in total. The summed E-state index contributed by atoms with van der Waals surface area (Å²) in [6, 6.07) is 19.8. The maximum Gasteiger partial charge on any atom is 0.435 e. The molecule has 4 amide bonds. The third-order valence-corrected chi connectivity index (χ3v) is 27.9. The quantitative estimate of drug-likeness (QED) is 0.109. The Morgan fingerprint density at radius 3 is 1.24 bits per heavy atom. The summed E-state index contributed by atoms with van der Waals surface area (Å²) in [6.07, 6.45) is 16.0. The van der Waals surface area contributed by atoms with Crippen LogP contribution in [-0.2, 0) is 146 Å². The standard InChI is InChI=1S/C25H27F3N6O2.2C24H27FN6O2.C22H26N6O/c1-15(35)32-8-6-22-20(13-32)24(30-34(22)18-7-10-36-14-18)33-9-5-17-11-16(3-4-21(17)33)19-12-31(2)29-23(19)25(26,27)28;1-15(32)29-6-4-22-20(13-29)24(27-31(22)18-5-8-33-14-18)30-7-3-16-9-21(25)19(10-23(16)30)17-11-26-28(2)12-17;1-15(32)29-6-4-22-20(13-29)24(27-31(22)18-5-8-33-14-18)30-7-3-16-9-19(21(25)10-23(16)30)17-11-26-28(2)12-17;1-14-11-28(21-6-5-16(9-18(14)21)17-10-23-25(3)12-17)22-19-13-27(15(2)29)8-7-20(19)26(4)24-22/h3-4,11-12,18H,5-10,13-14H2,1-2H3;2*9-12,18H,3-8,13-14H2,1-2H3;5-6,9-10,12,14H,7-8,11,13H2,1-4H3/t18-;;;14-/m0..0/s1. The molecule has 3 fully saturated rings. The Hall–Kier alpha value is -12.8. The smallest absolute Gasteiger partial charge is 0.379 e. The van der Waals surface area contributed by atoms with Crippen molar-refractivity contribution in [1.29, 1.82) is 0 Å².